The Morgan fingerprint density at radius 1 is 1.24 bits per heavy atom. The standard InChI is InChI=1S/C13H16FNO2/c14-6-9-4-11-12(17-8-16-11)5-10(9)13(7-15)2-1-3-13/h4-5H,1-3,6-8,15H2. The van der Waals surface area contributed by atoms with E-state index in [2.05, 4.69) is 0 Å². The van der Waals surface area contributed by atoms with Crippen molar-refractivity contribution in [1.82, 2.24) is 0 Å². The van der Waals surface area contributed by atoms with E-state index in [0.29, 0.717) is 17.9 Å². The predicted octanol–water partition coefficient (Wildman–Crippen LogP) is 2.27. The fourth-order valence-corrected chi connectivity index (χ4v) is 2.78. The fourth-order valence-electron chi connectivity index (χ4n) is 2.78. The minimum Gasteiger partial charge on any atom is -0.454 e. The minimum absolute atomic E-state index is 0.0393. The summed E-state index contributed by atoms with van der Waals surface area (Å²) in [5.41, 5.74) is 7.54. The highest BCUT2D eigenvalue weighted by atomic mass is 19.1. The molecule has 3 rings (SSSR count). The molecule has 92 valence electrons. The molecule has 0 radical (unpaired) electrons. The van der Waals surface area contributed by atoms with E-state index in [-0.39, 0.29) is 12.2 Å². The molecule has 1 fully saturated rings. The molecule has 4 heteroatoms. The summed E-state index contributed by atoms with van der Waals surface area (Å²) in [6, 6.07) is 3.68. The molecule has 1 aliphatic carbocycles. The minimum atomic E-state index is -0.478. The van der Waals surface area contributed by atoms with Crippen LogP contribution >= 0.6 is 0 Å². The van der Waals surface area contributed by atoms with Gasteiger partial charge in [-0.2, -0.15) is 0 Å². The average molecular weight is 237 g/mol. The second-order valence-corrected chi connectivity index (χ2v) is 4.83. The molecule has 1 aromatic carbocycles. The fraction of sp³-hybridized carbons (Fsp3) is 0.538. The maximum absolute atomic E-state index is 13.1. The van der Waals surface area contributed by atoms with E-state index in [9.17, 15) is 4.39 Å². The van der Waals surface area contributed by atoms with Crippen molar-refractivity contribution in [2.75, 3.05) is 13.3 Å². The summed E-state index contributed by atoms with van der Waals surface area (Å²) in [6.07, 6.45) is 3.24. The lowest BCUT2D eigenvalue weighted by Gasteiger charge is -2.42. The van der Waals surface area contributed by atoms with Crippen LogP contribution in [-0.4, -0.2) is 13.3 Å². The normalized spacial score (nSPS) is 20.1. The molecular weight excluding hydrogens is 221 g/mol. The van der Waals surface area contributed by atoms with Crippen molar-refractivity contribution in [2.45, 2.75) is 31.4 Å². The number of nitrogens with two attached hydrogens (primary N) is 1. The van der Waals surface area contributed by atoms with Crippen LogP contribution in [0.1, 0.15) is 30.4 Å². The van der Waals surface area contributed by atoms with Crippen molar-refractivity contribution in [1.29, 1.82) is 0 Å². The van der Waals surface area contributed by atoms with Crippen molar-refractivity contribution in [3.8, 4) is 11.5 Å². The topological polar surface area (TPSA) is 44.5 Å². The van der Waals surface area contributed by atoms with Crippen LogP contribution in [0, 0.1) is 0 Å². The van der Waals surface area contributed by atoms with Gasteiger partial charge in [0.05, 0.1) is 0 Å². The van der Waals surface area contributed by atoms with Gasteiger partial charge >= 0.3 is 0 Å². The van der Waals surface area contributed by atoms with Crippen molar-refractivity contribution in [2.24, 2.45) is 5.73 Å². The summed E-state index contributed by atoms with van der Waals surface area (Å²) in [7, 11) is 0. The lowest BCUT2D eigenvalue weighted by atomic mass is 9.63. The van der Waals surface area contributed by atoms with Gasteiger partial charge < -0.3 is 15.2 Å². The molecule has 1 saturated carbocycles. The summed E-state index contributed by atoms with van der Waals surface area (Å²) >= 11 is 0. The van der Waals surface area contributed by atoms with Gasteiger partial charge in [0.25, 0.3) is 0 Å². The third-order valence-corrected chi connectivity index (χ3v) is 4.02. The second kappa shape index (κ2) is 3.88. The zero-order chi connectivity index (χ0) is 11.9. The molecule has 2 N–H and O–H groups in total. The zero-order valence-electron chi connectivity index (χ0n) is 9.67. The highest BCUT2D eigenvalue weighted by Crippen LogP contribution is 2.47. The second-order valence-electron chi connectivity index (χ2n) is 4.83. The number of rotatable bonds is 3. The first-order valence-corrected chi connectivity index (χ1v) is 5.98. The van der Waals surface area contributed by atoms with E-state index in [0.717, 1.165) is 30.6 Å². The average Bonchev–Trinajstić information content (AvgIpc) is 2.74. The third kappa shape index (κ3) is 1.51. The van der Waals surface area contributed by atoms with Crippen LogP contribution < -0.4 is 15.2 Å². The summed E-state index contributed by atoms with van der Waals surface area (Å²) in [6.45, 7) is 0.313. The smallest absolute Gasteiger partial charge is 0.231 e. The Labute approximate surface area is 99.7 Å². The summed E-state index contributed by atoms with van der Waals surface area (Å²) in [5.74, 6) is 1.37. The van der Waals surface area contributed by atoms with E-state index in [1.807, 2.05) is 6.07 Å². The van der Waals surface area contributed by atoms with E-state index in [1.54, 1.807) is 6.07 Å². The molecule has 0 spiro atoms. The highest BCUT2D eigenvalue weighted by Gasteiger charge is 2.39. The molecule has 17 heavy (non-hydrogen) atoms. The Kier molecular flexibility index (Phi) is 2.47. The molecule has 3 nitrogen and oxygen atoms in total. The Hall–Kier alpha value is -1.29. The van der Waals surface area contributed by atoms with Gasteiger partial charge in [-0.3, -0.25) is 0 Å². The van der Waals surface area contributed by atoms with Gasteiger partial charge in [-0.25, -0.2) is 4.39 Å². The lowest BCUT2D eigenvalue weighted by Crippen LogP contribution is -2.42. The van der Waals surface area contributed by atoms with E-state index < -0.39 is 6.67 Å². The van der Waals surface area contributed by atoms with Gasteiger partial charge in [-0.1, -0.05) is 6.42 Å². The van der Waals surface area contributed by atoms with Gasteiger partial charge in [0, 0.05) is 12.0 Å². The quantitative estimate of drug-likeness (QED) is 0.877. The molecule has 0 amide bonds. The van der Waals surface area contributed by atoms with E-state index in [1.165, 1.54) is 0 Å². The predicted molar refractivity (Wildman–Crippen MR) is 62.0 cm³/mol. The first-order valence-electron chi connectivity index (χ1n) is 5.98. The molecule has 0 unspecified atom stereocenters. The number of hydrogen-bond acceptors (Lipinski definition) is 3. The first-order chi connectivity index (χ1) is 8.29. The monoisotopic (exact) mass is 237 g/mol. The van der Waals surface area contributed by atoms with Gasteiger partial charge in [-0.05, 0) is 36.1 Å². The molecule has 1 aliphatic heterocycles. The van der Waals surface area contributed by atoms with Crippen molar-refractivity contribution < 1.29 is 13.9 Å². The highest BCUT2D eigenvalue weighted by molar-refractivity contribution is 5.51. The number of ether oxygens (including phenoxy) is 2. The third-order valence-electron chi connectivity index (χ3n) is 4.02. The largest absolute Gasteiger partial charge is 0.454 e. The van der Waals surface area contributed by atoms with Gasteiger partial charge in [0.1, 0.15) is 6.67 Å². The van der Waals surface area contributed by atoms with Crippen LogP contribution in [0.15, 0.2) is 12.1 Å². The van der Waals surface area contributed by atoms with Gasteiger partial charge in [0.15, 0.2) is 11.5 Å². The summed E-state index contributed by atoms with van der Waals surface area (Å²) in [5, 5.41) is 0. The molecule has 1 aromatic rings. The van der Waals surface area contributed by atoms with Crippen molar-refractivity contribution in [3.63, 3.8) is 0 Å². The van der Waals surface area contributed by atoms with Crippen LogP contribution in [0.5, 0.6) is 11.5 Å². The molecule has 2 aliphatic rings. The van der Waals surface area contributed by atoms with Crippen molar-refractivity contribution in [3.05, 3.63) is 23.3 Å². The maximum atomic E-state index is 13.1. The van der Waals surface area contributed by atoms with E-state index >= 15 is 0 Å². The Bertz CT molecular complexity index is 438. The number of hydrogen-bond donors (Lipinski definition) is 1. The molecule has 0 saturated heterocycles. The zero-order valence-corrected chi connectivity index (χ0v) is 9.67. The van der Waals surface area contributed by atoms with Gasteiger partial charge in [0.2, 0.25) is 6.79 Å². The van der Waals surface area contributed by atoms with Crippen LogP contribution in [-0.2, 0) is 12.1 Å². The number of benzene rings is 1. The molecule has 0 bridgehead atoms. The van der Waals surface area contributed by atoms with Crippen LogP contribution in [0.4, 0.5) is 4.39 Å². The Morgan fingerprint density at radius 2 is 1.94 bits per heavy atom. The number of alkyl halides is 1. The van der Waals surface area contributed by atoms with Crippen molar-refractivity contribution >= 4 is 0 Å². The number of fused-ring (bicyclic) bond motifs is 1. The first kappa shape index (κ1) is 10.8. The summed E-state index contributed by atoms with van der Waals surface area (Å²) in [4.78, 5) is 0. The Morgan fingerprint density at radius 3 is 2.47 bits per heavy atom. The molecule has 0 aromatic heterocycles. The SMILES string of the molecule is NCC1(c2cc3c(cc2CF)OCO3)CCC1. The van der Waals surface area contributed by atoms with E-state index in [4.69, 9.17) is 15.2 Å². The molecule has 1 heterocycles. The van der Waals surface area contributed by atoms with Gasteiger partial charge in [-0.15, -0.1) is 0 Å². The Balaban J connectivity index is 2.08. The van der Waals surface area contributed by atoms with Crippen LogP contribution in [0.2, 0.25) is 0 Å². The van der Waals surface area contributed by atoms with Crippen LogP contribution in [0.25, 0.3) is 0 Å². The lowest BCUT2D eigenvalue weighted by molar-refractivity contribution is 0.173. The van der Waals surface area contributed by atoms with Crippen LogP contribution in [0.3, 0.4) is 0 Å². The maximum Gasteiger partial charge on any atom is 0.231 e. The molecule has 0 atom stereocenters. The summed E-state index contributed by atoms with van der Waals surface area (Å²) < 4.78 is 23.8. The molecular formula is C13H16FNO2. The number of halogens is 1.